The fourth-order valence-corrected chi connectivity index (χ4v) is 4.34. The highest BCUT2D eigenvalue weighted by molar-refractivity contribution is 5.74. The third-order valence-electron chi connectivity index (χ3n) is 6.08. The van der Waals surface area contributed by atoms with Crippen LogP contribution in [0.15, 0.2) is 24.3 Å². The van der Waals surface area contributed by atoms with Gasteiger partial charge >= 0.3 is 6.03 Å². The summed E-state index contributed by atoms with van der Waals surface area (Å²) in [6, 6.07) is 8.86. The molecule has 5 heteroatoms. The zero-order valence-electron chi connectivity index (χ0n) is 17.0. The Kier molecular flexibility index (Phi) is 7.53. The van der Waals surface area contributed by atoms with Crippen LogP contribution >= 0.6 is 0 Å². The molecule has 150 valence electrons. The summed E-state index contributed by atoms with van der Waals surface area (Å²) in [6.45, 7) is 8.71. The fraction of sp³-hybridized carbons (Fsp3) is 0.682. The van der Waals surface area contributed by atoms with Gasteiger partial charge in [-0.2, -0.15) is 0 Å². The Balaban J connectivity index is 1.42. The van der Waals surface area contributed by atoms with Gasteiger partial charge in [-0.1, -0.05) is 29.8 Å². The molecule has 2 heterocycles. The number of benzene rings is 1. The average Bonchev–Trinajstić information content (AvgIpc) is 2.71. The van der Waals surface area contributed by atoms with Crippen LogP contribution in [-0.2, 0) is 4.74 Å². The van der Waals surface area contributed by atoms with Gasteiger partial charge in [0.25, 0.3) is 0 Å². The van der Waals surface area contributed by atoms with Crippen LogP contribution < -0.4 is 5.32 Å². The number of aryl methyl sites for hydroxylation is 1. The van der Waals surface area contributed by atoms with E-state index in [-0.39, 0.29) is 6.03 Å². The Morgan fingerprint density at radius 1 is 1.22 bits per heavy atom. The maximum absolute atomic E-state index is 12.7. The van der Waals surface area contributed by atoms with Crippen LogP contribution in [0, 0.1) is 12.8 Å². The molecular weight excluding hydrogens is 338 g/mol. The zero-order chi connectivity index (χ0) is 19.1. The molecular formula is C22H35N3O2. The second-order valence-corrected chi connectivity index (χ2v) is 8.16. The quantitative estimate of drug-likeness (QED) is 0.833. The van der Waals surface area contributed by atoms with Gasteiger partial charge in [-0.25, -0.2) is 4.79 Å². The minimum absolute atomic E-state index is 0.120. The highest BCUT2D eigenvalue weighted by Gasteiger charge is 2.26. The third-order valence-corrected chi connectivity index (χ3v) is 6.08. The van der Waals surface area contributed by atoms with Crippen molar-refractivity contribution >= 4 is 6.03 Å². The fourth-order valence-electron chi connectivity index (χ4n) is 4.34. The van der Waals surface area contributed by atoms with E-state index < -0.39 is 0 Å². The van der Waals surface area contributed by atoms with E-state index in [1.54, 1.807) is 7.11 Å². The average molecular weight is 374 g/mol. The summed E-state index contributed by atoms with van der Waals surface area (Å²) in [5.74, 6) is 1.07. The SMILES string of the molecule is COCCN1CCC(CNC(=O)N2CCC[C@H](c3cccc(C)c3)C2)CC1. The van der Waals surface area contributed by atoms with Crippen molar-refractivity contribution in [2.45, 2.75) is 38.5 Å². The van der Waals surface area contributed by atoms with Crippen molar-refractivity contribution in [1.82, 2.24) is 15.1 Å². The first-order chi connectivity index (χ1) is 13.2. The lowest BCUT2D eigenvalue weighted by Crippen LogP contribution is -2.47. The molecule has 2 saturated heterocycles. The lowest BCUT2D eigenvalue weighted by atomic mass is 9.90. The van der Waals surface area contributed by atoms with E-state index in [1.165, 1.54) is 17.5 Å². The number of hydrogen-bond acceptors (Lipinski definition) is 3. The lowest BCUT2D eigenvalue weighted by molar-refractivity contribution is 0.119. The molecule has 2 amide bonds. The zero-order valence-corrected chi connectivity index (χ0v) is 17.0. The lowest BCUT2D eigenvalue weighted by Gasteiger charge is -2.35. The maximum atomic E-state index is 12.7. The standard InChI is InChI=1S/C22H35N3O2/c1-18-5-3-6-20(15-18)21-7-4-10-25(17-21)22(26)23-16-19-8-11-24(12-9-19)13-14-27-2/h3,5-6,15,19,21H,4,7-14,16-17H2,1-2H3,(H,23,26)/t21-/m0/s1. The molecule has 0 saturated carbocycles. The summed E-state index contributed by atoms with van der Waals surface area (Å²) >= 11 is 0. The molecule has 2 aliphatic rings. The Labute approximate surface area is 164 Å². The topological polar surface area (TPSA) is 44.8 Å². The van der Waals surface area contributed by atoms with Crippen molar-refractivity contribution in [2.75, 3.05) is 53.0 Å². The summed E-state index contributed by atoms with van der Waals surface area (Å²) in [5, 5.41) is 3.21. The molecule has 0 spiro atoms. The van der Waals surface area contributed by atoms with Crippen LogP contribution in [-0.4, -0.2) is 68.8 Å². The number of piperidine rings is 2. The Morgan fingerprint density at radius 2 is 2.04 bits per heavy atom. The van der Waals surface area contributed by atoms with E-state index in [4.69, 9.17) is 4.74 Å². The second-order valence-electron chi connectivity index (χ2n) is 8.16. The van der Waals surface area contributed by atoms with Gasteiger partial charge < -0.3 is 19.9 Å². The van der Waals surface area contributed by atoms with Crippen LogP contribution in [0.2, 0.25) is 0 Å². The molecule has 2 aliphatic heterocycles. The molecule has 0 unspecified atom stereocenters. The van der Waals surface area contributed by atoms with Gasteiger partial charge in [0.1, 0.15) is 0 Å². The maximum Gasteiger partial charge on any atom is 0.317 e. The number of nitrogens with zero attached hydrogens (tertiary/aromatic N) is 2. The largest absolute Gasteiger partial charge is 0.383 e. The molecule has 0 radical (unpaired) electrons. The number of methoxy groups -OCH3 is 1. The van der Waals surface area contributed by atoms with Gasteiger partial charge in [-0.05, 0) is 57.2 Å². The summed E-state index contributed by atoms with van der Waals surface area (Å²) < 4.78 is 5.16. The van der Waals surface area contributed by atoms with Gasteiger partial charge in [0.2, 0.25) is 0 Å². The number of ether oxygens (including phenoxy) is 1. The van der Waals surface area contributed by atoms with Gasteiger partial charge in [0.15, 0.2) is 0 Å². The van der Waals surface area contributed by atoms with Gasteiger partial charge in [0, 0.05) is 39.2 Å². The molecule has 1 aromatic carbocycles. The van der Waals surface area contributed by atoms with E-state index in [9.17, 15) is 4.79 Å². The summed E-state index contributed by atoms with van der Waals surface area (Å²) in [4.78, 5) is 17.2. The van der Waals surface area contributed by atoms with E-state index in [0.29, 0.717) is 11.8 Å². The normalized spacial score (nSPS) is 22.0. The number of amides is 2. The molecule has 0 aliphatic carbocycles. The molecule has 5 nitrogen and oxygen atoms in total. The second kappa shape index (κ2) is 10.1. The number of urea groups is 1. The Bertz CT molecular complexity index is 599. The minimum atomic E-state index is 0.120. The van der Waals surface area contributed by atoms with Crippen LogP contribution in [0.5, 0.6) is 0 Å². The smallest absolute Gasteiger partial charge is 0.317 e. The van der Waals surface area contributed by atoms with Gasteiger partial charge in [-0.15, -0.1) is 0 Å². The van der Waals surface area contributed by atoms with E-state index in [1.807, 2.05) is 4.90 Å². The number of carbonyl (C=O) groups is 1. The number of carbonyl (C=O) groups excluding carboxylic acids is 1. The Hall–Kier alpha value is -1.59. The number of hydrogen-bond donors (Lipinski definition) is 1. The van der Waals surface area contributed by atoms with Crippen molar-refractivity contribution in [3.05, 3.63) is 35.4 Å². The molecule has 27 heavy (non-hydrogen) atoms. The Morgan fingerprint density at radius 3 is 2.78 bits per heavy atom. The molecule has 1 aromatic rings. The molecule has 1 atom stereocenters. The summed E-state index contributed by atoms with van der Waals surface area (Å²) in [6.07, 6.45) is 4.59. The van der Waals surface area contributed by atoms with Crippen molar-refractivity contribution < 1.29 is 9.53 Å². The predicted molar refractivity (Wildman–Crippen MR) is 109 cm³/mol. The van der Waals surface area contributed by atoms with Gasteiger partial charge in [-0.3, -0.25) is 0 Å². The highest BCUT2D eigenvalue weighted by Crippen LogP contribution is 2.27. The van der Waals surface area contributed by atoms with Crippen LogP contribution in [0.1, 0.15) is 42.7 Å². The van der Waals surface area contributed by atoms with Crippen molar-refractivity contribution in [1.29, 1.82) is 0 Å². The van der Waals surface area contributed by atoms with Crippen LogP contribution in [0.25, 0.3) is 0 Å². The number of nitrogens with one attached hydrogen (secondary N) is 1. The predicted octanol–water partition coefficient (Wildman–Crippen LogP) is 3.24. The molecule has 2 fully saturated rings. The first kappa shape index (κ1) is 20.2. The highest BCUT2D eigenvalue weighted by atomic mass is 16.5. The monoisotopic (exact) mass is 373 g/mol. The molecule has 0 aromatic heterocycles. The number of rotatable bonds is 6. The van der Waals surface area contributed by atoms with E-state index >= 15 is 0 Å². The summed E-state index contributed by atoms with van der Waals surface area (Å²) in [5.41, 5.74) is 2.67. The van der Waals surface area contributed by atoms with Crippen LogP contribution in [0.4, 0.5) is 4.79 Å². The molecule has 0 bridgehead atoms. The molecule has 3 rings (SSSR count). The van der Waals surface area contributed by atoms with E-state index in [2.05, 4.69) is 41.4 Å². The first-order valence-electron chi connectivity index (χ1n) is 10.5. The summed E-state index contributed by atoms with van der Waals surface area (Å²) in [7, 11) is 1.76. The van der Waals surface area contributed by atoms with Gasteiger partial charge in [0.05, 0.1) is 6.61 Å². The minimum Gasteiger partial charge on any atom is -0.383 e. The first-order valence-corrected chi connectivity index (χ1v) is 10.5. The van der Waals surface area contributed by atoms with Crippen molar-refractivity contribution in [3.8, 4) is 0 Å². The van der Waals surface area contributed by atoms with Crippen molar-refractivity contribution in [3.63, 3.8) is 0 Å². The number of likely N-dealkylation sites (tertiary alicyclic amines) is 2. The van der Waals surface area contributed by atoms with Crippen LogP contribution in [0.3, 0.4) is 0 Å². The van der Waals surface area contributed by atoms with Crippen molar-refractivity contribution in [2.24, 2.45) is 5.92 Å². The van der Waals surface area contributed by atoms with E-state index in [0.717, 1.165) is 65.1 Å². The third kappa shape index (κ3) is 5.94. The molecule has 1 N–H and O–H groups in total.